The van der Waals surface area contributed by atoms with Crippen molar-refractivity contribution in [2.45, 2.75) is 19.5 Å². The van der Waals surface area contributed by atoms with E-state index >= 15 is 0 Å². The zero-order chi connectivity index (χ0) is 22.6. The minimum atomic E-state index is -0.0520. The van der Waals surface area contributed by atoms with Crippen molar-refractivity contribution in [1.29, 1.82) is 0 Å². The Balaban J connectivity index is 0.00000274. The second-order valence-electron chi connectivity index (χ2n) is 8.40. The van der Waals surface area contributed by atoms with Crippen LogP contribution in [0.4, 0.5) is 5.82 Å². The highest BCUT2D eigenvalue weighted by atomic mass is 35.5. The molecule has 5 rings (SSSR count). The summed E-state index contributed by atoms with van der Waals surface area (Å²) in [4.78, 5) is 24.0. The van der Waals surface area contributed by atoms with E-state index in [4.69, 9.17) is 4.42 Å². The minimum Gasteiger partial charge on any atom is -0.459 e. The molecule has 1 aliphatic heterocycles. The number of nitrogens with one attached hydrogen (secondary N) is 2. The molecule has 5 heterocycles. The lowest BCUT2D eigenvalue weighted by molar-refractivity contribution is 0.262. The quantitative estimate of drug-likeness (QED) is 0.437. The fraction of sp³-hybridized carbons (Fsp3) is 0.320. The average molecular weight is 481 g/mol. The summed E-state index contributed by atoms with van der Waals surface area (Å²) in [6, 6.07) is 11.7. The Bertz CT molecular complexity index is 1300. The summed E-state index contributed by atoms with van der Waals surface area (Å²) < 4.78 is 7.90. The third kappa shape index (κ3) is 5.30. The van der Waals surface area contributed by atoms with Gasteiger partial charge in [-0.15, -0.1) is 12.4 Å². The number of hydrogen-bond acceptors (Lipinski definition) is 7. The van der Waals surface area contributed by atoms with Gasteiger partial charge in [-0.25, -0.2) is 4.98 Å². The first-order valence-corrected chi connectivity index (χ1v) is 11.3. The topological polar surface area (TPSA) is 88.2 Å². The molecule has 0 amide bonds. The van der Waals surface area contributed by atoms with E-state index < -0.39 is 0 Å². The van der Waals surface area contributed by atoms with Crippen LogP contribution >= 0.6 is 12.4 Å². The van der Waals surface area contributed by atoms with Crippen LogP contribution in [0.5, 0.6) is 0 Å². The van der Waals surface area contributed by atoms with E-state index in [-0.39, 0.29) is 18.0 Å². The normalized spacial score (nSPS) is 14.5. The minimum absolute atomic E-state index is 0. The number of anilines is 1. The van der Waals surface area contributed by atoms with Crippen molar-refractivity contribution >= 4 is 29.2 Å². The summed E-state index contributed by atoms with van der Waals surface area (Å²) in [5.74, 6) is 1.56. The number of aromatic nitrogens is 3. The van der Waals surface area contributed by atoms with Gasteiger partial charge in [0.25, 0.3) is 5.56 Å². The highest BCUT2D eigenvalue weighted by Gasteiger charge is 2.18. The van der Waals surface area contributed by atoms with Crippen molar-refractivity contribution in [3.63, 3.8) is 0 Å². The van der Waals surface area contributed by atoms with E-state index in [0.29, 0.717) is 24.1 Å². The molecule has 0 bridgehead atoms. The summed E-state index contributed by atoms with van der Waals surface area (Å²) in [6.07, 6.45) is 6.49. The molecular weight excluding hydrogens is 452 g/mol. The van der Waals surface area contributed by atoms with Gasteiger partial charge in [-0.2, -0.15) is 0 Å². The summed E-state index contributed by atoms with van der Waals surface area (Å²) in [5.41, 5.74) is 3.33. The van der Waals surface area contributed by atoms with Crippen molar-refractivity contribution in [3.05, 3.63) is 76.8 Å². The molecule has 1 fully saturated rings. The predicted octanol–water partition coefficient (Wildman–Crippen LogP) is 3.42. The van der Waals surface area contributed by atoms with Gasteiger partial charge in [-0.1, -0.05) is 6.07 Å². The van der Waals surface area contributed by atoms with E-state index in [0.717, 1.165) is 61.0 Å². The third-order valence-electron chi connectivity index (χ3n) is 5.96. The molecule has 1 aliphatic rings. The second-order valence-corrected chi connectivity index (χ2v) is 8.40. The Hall–Kier alpha value is -3.20. The molecule has 178 valence electrons. The van der Waals surface area contributed by atoms with Gasteiger partial charge in [0, 0.05) is 44.3 Å². The van der Waals surface area contributed by atoms with Crippen LogP contribution in [0.1, 0.15) is 17.9 Å². The molecule has 4 aromatic rings. The summed E-state index contributed by atoms with van der Waals surface area (Å²) in [7, 11) is 1.78. The molecule has 0 saturated carbocycles. The average Bonchev–Trinajstić information content (AvgIpc) is 3.09. The molecule has 9 heteroatoms. The van der Waals surface area contributed by atoms with Crippen LogP contribution < -0.4 is 16.2 Å². The molecule has 0 radical (unpaired) electrons. The van der Waals surface area contributed by atoms with Crippen molar-refractivity contribution in [1.82, 2.24) is 24.8 Å². The number of furan rings is 1. The van der Waals surface area contributed by atoms with E-state index in [1.165, 1.54) is 0 Å². The van der Waals surface area contributed by atoms with Gasteiger partial charge in [0.05, 0.1) is 24.2 Å². The first-order valence-electron chi connectivity index (χ1n) is 11.3. The lowest BCUT2D eigenvalue weighted by Crippen LogP contribution is -2.27. The van der Waals surface area contributed by atoms with Gasteiger partial charge in [0.1, 0.15) is 17.2 Å². The summed E-state index contributed by atoms with van der Waals surface area (Å²) >= 11 is 0. The molecular formula is C25H29ClN6O2. The first-order chi connectivity index (χ1) is 16.2. The molecule has 8 nitrogen and oxygen atoms in total. The van der Waals surface area contributed by atoms with E-state index in [2.05, 4.69) is 25.5 Å². The predicted molar refractivity (Wildman–Crippen MR) is 136 cm³/mol. The third-order valence-corrected chi connectivity index (χ3v) is 5.96. The maximum Gasteiger partial charge on any atom is 0.261 e. The van der Waals surface area contributed by atoms with Gasteiger partial charge in [-0.3, -0.25) is 14.7 Å². The number of pyridine rings is 3. The fourth-order valence-electron chi connectivity index (χ4n) is 4.24. The molecule has 0 aromatic carbocycles. The van der Waals surface area contributed by atoms with Crippen LogP contribution in [0, 0.1) is 0 Å². The molecule has 0 spiro atoms. The van der Waals surface area contributed by atoms with Gasteiger partial charge in [-0.05, 0) is 55.4 Å². The Morgan fingerprint density at radius 1 is 1.12 bits per heavy atom. The maximum absolute atomic E-state index is 12.8. The molecule has 2 N–H and O–H groups in total. The number of aryl methyl sites for hydroxylation is 1. The van der Waals surface area contributed by atoms with Crippen LogP contribution in [0.25, 0.3) is 22.1 Å². The SMILES string of the molecule is Cl.Cn1cc(-c2ccnc(NCc3ccccn3)c2)c2oc(CN3CCCNCC3)cc2c1=O. The number of rotatable bonds is 6. The highest BCUT2D eigenvalue weighted by Crippen LogP contribution is 2.30. The fourth-order valence-corrected chi connectivity index (χ4v) is 4.24. The van der Waals surface area contributed by atoms with Crippen molar-refractivity contribution in [2.75, 3.05) is 31.5 Å². The number of halogens is 1. The monoisotopic (exact) mass is 480 g/mol. The van der Waals surface area contributed by atoms with Crippen LogP contribution in [-0.4, -0.2) is 45.6 Å². The number of nitrogens with zero attached hydrogens (tertiary/aromatic N) is 4. The van der Waals surface area contributed by atoms with Gasteiger partial charge >= 0.3 is 0 Å². The Morgan fingerprint density at radius 3 is 2.88 bits per heavy atom. The van der Waals surface area contributed by atoms with Gasteiger partial charge < -0.3 is 19.6 Å². The summed E-state index contributed by atoms with van der Waals surface area (Å²) in [6.45, 7) is 5.28. The lowest BCUT2D eigenvalue weighted by Gasteiger charge is -2.17. The molecule has 34 heavy (non-hydrogen) atoms. The maximum atomic E-state index is 12.8. The Kier molecular flexibility index (Phi) is 7.62. The van der Waals surface area contributed by atoms with E-state index in [9.17, 15) is 4.79 Å². The van der Waals surface area contributed by atoms with Crippen LogP contribution in [-0.2, 0) is 20.1 Å². The molecule has 0 aliphatic carbocycles. The van der Waals surface area contributed by atoms with E-state index in [1.807, 2.05) is 42.6 Å². The number of hydrogen-bond donors (Lipinski definition) is 2. The van der Waals surface area contributed by atoms with Crippen molar-refractivity contribution in [3.8, 4) is 11.1 Å². The Morgan fingerprint density at radius 2 is 2.03 bits per heavy atom. The first kappa shape index (κ1) is 23.9. The zero-order valence-electron chi connectivity index (χ0n) is 19.2. The molecule has 0 unspecified atom stereocenters. The smallest absolute Gasteiger partial charge is 0.261 e. The van der Waals surface area contributed by atoms with Gasteiger partial charge in [0.2, 0.25) is 0 Å². The zero-order valence-corrected chi connectivity index (χ0v) is 20.0. The molecule has 1 saturated heterocycles. The van der Waals surface area contributed by atoms with Crippen molar-refractivity contribution < 1.29 is 4.42 Å². The van der Waals surface area contributed by atoms with Crippen LogP contribution in [0.3, 0.4) is 0 Å². The Labute approximate surface area is 204 Å². The standard InChI is InChI=1S/C25H28N6O2.ClH/c1-30-17-22(18-6-9-28-23(13-18)29-15-19-5-2-3-8-27-19)24-21(25(30)32)14-20(33-24)16-31-11-4-7-26-10-12-31;/h2-3,5-6,8-9,13-14,17,26H,4,7,10-12,15-16H2,1H3,(H,28,29);1H. The lowest BCUT2D eigenvalue weighted by atomic mass is 10.1. The number of fused-ring (bicyclic) bond motifs is 1. The van der Waals surface area contributed by atoms with Crippen LogP contribution in [0.15, 0.2) is 64.2 Å². The largest absolute Gasteiger partial charge is 0.459 e. The van der Waals surface area contributed by atoms with Crippen LogP contribution in [0.2, 0.25) is 0 Å². The van der Waals surface area contributed by atoms with Gasteiger partial charge in [0.15, 0.2) is 0 Å². The molecule has 4 aromatic heterocycles. The highest BCUT2D eigenvalue weighted by molar-refractivity contribution is 5.92. The summed E-state index contributed by atoms with van der Waals surface area (Å²) in [5, 5.41) is 7.36. The molecule has 0 atom stereocenters. The van der Waals surface area contributed by atoms with Crippen molar-refractivity contribution in [2.24, 2.45) is 7.05 Å². The second kappa shape index (κ2) is 10.8. The van der Waals surface area contributed by atoms with E-state index in [1.54, 1.807) is 24.0 Å².